The molecule has 1 amide bonds. The van der Waals surface area contributed by atoms with Crippen LogP contribution in [0.3, 0.4) is 0 Å². The van der Waals surface area contributed by atoms with Crippen molar-refractivity contribution < 1.29 is 19.4 Å². The lowest BCUT2D eigenvalue weighted by Gasteiger charge is -2.19. The maximum absolute atomic E-state index is 12.8. The summed E-state index contributed by atoms with van der Waals surface area (Å²) in [6.07, 6.45) is 2.59. The van der Waals surface area contributed by atoms with Crippen LogP contribution in [0.15, 0.2) is 102 Å². The van der Waals surface area contributed by atoms with Gasteiger partial charge in [-0.15, -0.1) is 0 Å². The second kappa shape index (κ2) is 13.1. The van der Waals surface area contributed by atoms with Crippen LogP contribution in [0.5, 0.6) is 5.75 Å². The largest absolute Gasteiger partial charge is 0.355 e. The van der Waals surface area contributed by atoms with Crippen molar-refractivity contribution in [2.75, 3.05) is 0 Å². The van der Waals surface area contributed by atoms with Crippen molar-refractivity contribution in [3.8, 4) is 5.75 Å². The standard InChI is InChI=1S/C31H30N2O5/c1-2-10-29(35)38-37-27-16-9-11-22(17-27)20-32-28(34)19-25-18-26(21-33-31(25)36)30(23-12-5-3-6-13-23)24-14-7-4-8-15-24/h3-9,11-18,21,30H,2,10,19-20H2,1H3,(H,32,34)(H,33,36). The Labute approximate surface area is 221 Å². The zero-order valence-corrected chi connectivity index (χ0v) is 21.2. The molecule has 0 spiro atoms. The average molecular weight is 511 g/mol. The van der Waals surface area contributed by atoms with Gasteiger partial charge in [0.15, 0.2) is 5.75 Å². The molecule has 1 aromatic heterocycles. The van der Waals surface area contributed by atoms with Crippen LogP contribution in [0.4, 0.5) is 0 Å². The molecule has 0 fully saturated rings. The summed E-state index contributed by atoms with van der Waals surface area (Å²) in [5, 5.41) is 2.84. The van der Waals surface area contributed by atoms with Crippen molar-refractivity contribution in [1.82, 2.24) is 10.3 Å². The van der Waals surface area contributed by atoms with Gasteiger partial charge in [0.1, 0.15) is 0 Å². The fraction of sp³-hybridized carbons (Fsp3) is 0.194. The van der Waals surface area contributed by atoms with Gasteiger partial charge in [-0.1, -0.05) is 79.7 Å². The number of aromatic nitrogens is 1. The van der Waals surface area contributed by atoms with E-state index in [0.29, 0.717) is 17.7 Å². The normalized spacial score (nSPS) is 10.7. The molecule has 1 heterocycles. The van der Waals surface area contributed by atoms with E-state index in [2.05, 4.69) is 34.6 Å². The van der Waals surface area contributed by atoms with Crippen molar-refractivity contribution in [2.24, 2.45) is 0 Å². The van der Waals surface area contributed by atoms with E-state index in [-0.39, 0.29) is 36.8 Å². The Balaban J connectivity index is 1.45. The minimum atomic E-state index is -0.444. The maximum Gasteiger partial charge on any atom is 0.355 e. The third-order valence-electron chi connectivity index (χ3n) is 6.03. The highest BCUT2D eigenvalue weighted by Gasteiger charge is 2.19. The third-order valence-corrected chi connectivity index (χ3v) is 6.03. The molecule has 0 saturated carbocycles. The number of pyridine rings is 1. The van der Waals surface area contributed by atoms with Gasteiger partial charge in [0.25, 0.3) is 5.56 Å². The molecule has 0 aliphatic heterocycles. The molecule has 0 bridgehead atoms. The number of hydrogen-bond acceptors (Lipinski definition) is 5. The van der Waals surface area contributed by atoms with Gasteiger partial charge in [-0.05, 0) is 46.9 Å². The van der Waals surface area contributed by atoms with Gasteiger partial charge < -0.3 is 10.3 Å². The van der Waals surface area contributed by atoms with E-state index >= 15 is 0 Å². The molecule has 0 saturated heterocycles. The van der Waals surface area contributed by atoms with Gasteiger partial charge in [-0.2, -0.15) is 0 Å². The van der Waals surface area contributed by atoms with Gasteiger partial charge in [-0.25, -0.2) is 4.79 Å². The van der Waals surface area contributed by atoms with Crippen LogP contribution in [0, 0.1) is 0 Å². The second-order valence-corrected chi connectivity index (χ2v) is 8.93. The SMILES string of the molecule is CCCC(=O)OOc1cccc(CNC(=O)Cc2cc(C(c3ccccc3)c3ccccc3)c[nH]c2=O)c1. The lowest BCUT2D eigenvalue weighted by atomic mass is 9.85. The number of carbonyl (C=O) groups excluding carboxylic acids is 2. The number of H-pyrrole nitrogens is 1. The number of carbonyl (C=O) groups is 2. The van der Waals surface area contributed by atoms with Crippen LogP contribution < -0.4 is 15.8 Å². The summed E-state index contributed by atoms with van der Waals surface area (Å²) < 4.78 is 0. The highest BCUT2D eigenvalue weighted by Crippen LogP contribution is 2.31. The first-order valence-electron chi connectivity index (χ1n) is 12.6. The van der Waals surface area contributed by atoms with Gasteiger partial charge in [0.2, 0.25) is 5.91 Å². The van der Waals surface area contributed by atoms with Crippen molar-refractivity contribution >= 4 is 11.9 Å². The number of rotatable bonds is 11. The first-order valence-corrected chi connectivity index (χ1v) is 12.6. The smallest absolute Gasteiger partial charge is 0.352 e. The number of nitrogens with one attached hydrogen (secondary N) is 2. The van der Waals surface area contributed by atoms with Crippen LogP contribution in [-0.4, -0.2) is 16.9 Å². The fourth-order valence-electron chi connectivity index (χ4n) is 4.20. The molecule has 2 N–H and O–H groups in total. The number of aromatic amines is 1. The Hall–Kier alpha value is -4.65. The molecule has 0 unspecified atom stereocenters. The summed E-state index contributed by atoms with van der Waals surface area (Å²) in [7, 11) is 0. The Bertz CT molecular complexity index is 1380. The molecule has 3 aromatic carbocycles. The lowest BCUT2D eigenvalue weighted by molar-refractivity contribution is -0.213. The van der Waals surface area contributed by atoms with Crippen LogP contribution in [0.1, 0.15) is 53.5 Å². The summed E-state index contributed by atoms with van der Waals surface area (Å²) in [5.41, 5.74) is 3.92. The predicted octanol–water partition coefficient (Wildman–Crippen LogP) is 5.05. The van der Waals surface area contributed by atoms with Crippen LogP contribution in [0.2, 0.25) is 0 Å². The van der Waals surface area contributed by atoms with Gasteiger partial charge in [-0.3, -0.25) is 19.4 Å². The quantitative estimate of drug-likeness (QED) is 0.217. The number of hydrogen-bond donors (Lipinski definition) is 2. The van der Waals surface area contributed by atoms with Crippen molar-refractivity contribution in [3.63, 3.8) is 0 Å². The van der Waals surface area contributed by atoms with E-state index in [0.717, 1.165) is 22.3 Å². The maximum atomic E-state index is 12.8. The molecule has 0 atom stereocenters. The topological polar surface area (TPSA) is 97.5 Å². The van der Waals surface area contributed by atoms with E-state index in [1.54, 1.807) is 24.4 Å². The third kappa shape index (κ3) is 7.20. The Morgan fingerprint density at radius 2 is 1.55 bits per heavy atom. The lowest BCUT2D eigenvalue weighted by Crippen LogP contribution is -2.27. The Morgan fingerprint density at radius 1 is 0.868 bits per heavy atom. The summed E-state index contributed by atoms with van der Waals surface area (Å²) >= 11 is 0. The molecule has 4 aromatic rings. The van der Waals surface area contributed by atoms with E-state index < -0.39 is 5.97 Å². The van der Waals surface area contributed by atoms with Gasteiger partial charge in [0, 0.05) is 30.6 Å². The number of benzene rings is 3. The molecular weight excluding hydrogens is 480 g/mol. The second-order valence-electron chi connectivity index (χ2n) is 8.93. The highest BCUT2D eigenvalue weighted by atomic mass is 17.2. The summed E-state index contributed by atoms with van der Waals surface area (Å²) in [6, 6.07) is 28.8. The van der Waals surface area contributed by atoms with E-state index in [9.17, 15) is 14.4 Å². The van der Waals surface area contributed by atoms with E-state index in [4.69, 9.17) is 9.78 Å². The summed E-state index contributed by atoms with van der Waals surface area (Å²) in [4.78, 5) is 49.5. The Kier molecular flexibility index (Phi) is 9.07. The van der Waals surface area contributed by atoms with Crippen molar-refractivity contribution in [2.45, 2.75) is 38.6 Å². The van der Waals surface area contributed by atoms with Gasteiger partial charge >= 0.3 is 5.97 Å². The minimum Gasteiger partial charge on any atom is -0.352 e. The average Bonchev–Trinajstić information content (AvgIpc) is 2.94. The van der Waals surface area contributed by atoms with Crippen molar-refractivity contribution in [1.29, 1.82) is 0 Å². The highest BCUT2D eigenvalue weighted by molar-refractivity contribution is 5.78. The molecule has 4 rings (SSSR count). The first kappa shape index (κ1) is 26.4. The number of amides is 1. The predicted molar refractivity (Wildman–Crippen MR) is 145 cm³/mol. The van der Waals surface area contributed by atoms with Gasteiger partial charge in [0.05, 0.1) is 6.42 Å². The zero-order chi connectivity index (χ0) is 26.7. The molecule has 38 heavy (non-hydrogen) atoms. The van der Waals surface area contributed by atoms with E-state index in [1.807, 2.05) is 55.5 Å². The molecule has 194 valence electrons. The summed E-state index contributed by atoms with van der Waals surface area (Å²) in [6.45, 7) is 2.10. The molecule has 0 radical (unpaired) electrons. The molecule has 7 nitrogen and oxygen atoms in total. The first-order chi connectivity index (χ1) is 18.5. The summed E-state index contributed by atoms with van der Waals surface area (Å²) in [5.74, 6) is -0.465. The zero-order valence-electron chi connectivity index (χ0n) is 21.2. The molecule has 0 aliphatic rings. The monoisotopic (exact) mass is 510 g/mol. The van der Waals surface area contributed by atoms with Crippen LogP contribution in [0.25, 0.3) is 0 Å². The van der Waals surface area contributed by atoms with Crippen LogP contribution in [-0.2, 0) is 27.4 Å². The fourth-order valence-corrected chi connectivity index (χ4v) is 4.20. The molecule has 0 aliphatic carbocycles. The Morgan fingerprint density at radius 3 is 2.21 bits per heavy atom. The molecule has 7 heteroatoms. The van der Waals surface area contributed by atoms with E-state index in [1.165, 1.54) is 0 Å². The molecular formula is C31H30N2O5. The minimum absolute atomic E-state index is 0.0652. The van der Waals surface area contributed by atoms with Crippen molar-refractivity contribution in [3.05, 3.63) is 135 Å². The van der Waals surface area contributed by atoms with Crippen LogP contribution >= 0.6 is 0 Å².